The van der Waals surface area contributed by atoms with Crippen LogP contribution in [-0.4, -0.2) is 34.2 Å². The molecule has 0 fully saturated rings. The number of fused-ring (bicyclic) bond motifs is 1. The third-order valence-electron chi connectivity index (χ3n) is 4.57. The Morgan fingerprint density at radius 3 is 2.73 bits per heavy atom. The minimum atomic E-state index is -1.05. The number of hydrogen-bond donors (Lipinski definition) is 1. The molecule has 8 nitrogen and oxygen atoms in total. The van der Waals surface area contributed by atoms with Crippen molar-refractivity contribution in [2.24, 2.45) is 12.0 Å². The zero-order valence-electron chi connectivity index (χ0n) is 16.2. The van der Waals surface area contributed by atoms with Crippen LogP contribution in [0.15, 0.2) is 68.8 Å². The fraction of sp³-hybridized carbons (Fsp3) is 0.0909. The van der Waals surface area contributed by atoms with Crippen molar-refractivity contribution in [1.29, 1.82) is 0 Å². The van der Waals surface area contributed by atoms with Gasteiger partial charge < -0.3 is 14.3 Å². The number of methoxy groups -OCH3 is 1. The number of ether oxygens (including phenoxy) is 1. The number of rotatable bonds is 5. The molecule has 150 valence electrons. The molecule has 0 aliphatic rings. The first kappa shape index (κ1) is 19.1. The summed E-state index contributed by atoms with van der Waals surface area (Å²) >= 11 is 0. The topological polar surface area (TPSA) is 107 Å². The van der Waals surface area contributed by atoms with E-state index in [-0.39, 0.29) is 5.69 Å². The van der Waals surface area contributed by atoms with Gasteiger partial charge in [-0.1, -0.05) is 6.07 Å². The third-order valence-corrected chi connectivity index (χ3v) is 4.57. The molecule has 30 heavy (non-hydrogen) atoms. The lowest BCUT2D eigenvalue weighted by Crippen LogP contribution is -2.04. The fourth-order valence-corrected chi connectivity index (χ4v) is 3.09. The first-order valence-electron chi connectivity index (χ1n) is 8.98. The molecule has 0 bridgehead atoms. The molecule has 2 aromatic heterocycles. The van der Waals surface area contributed by atoms with Gasteiger partial charge in [-0.15, -0.1) is 0 Å². The second-order valence-corrected chi connectivity index (χ2v) is 6.54. The molecule has 0 aliphatic heterocycles. The van der Waals surface area contributed by atoms with Crippen molar-refractivity contribution in [3.63, 3.8) is 0 Å². The minimum absolute atomic E-state index is 0.0878. The monoisotopic (exact) mass is 403 g/mol. The first-order valence-corrected chi connectivity index (χ1v) is 8.98. The smallest absolute Gasteiger partial charge is 0.354 e. The molecule has 0 saturated carbocycles. The Hall–Kier alpha value is -4.20. The Morgan fingerprint density at radius 2 is 2.00 bits per heavy atom. The van der Waals surface area contributed by atoms with Crippen molar-refractivity contribution in [1.82, 2.24) is 9.78 Å². The van der Waals surface area contributed by atoms with Crippen molar-refractivity contribution in [3.05, 3.63) is 76.3 Å². The van der Waals surface area contributed by atoms with Gasteiger partial charge in [-0.05, 0) is 48.0 Å². The summed E-state index contributed by atoms with van der Waals surface area (Å²) in [6, 6.07) is 15.3. The number of aliphatic imine (C=N–C) groups is 1. The van der Waals surface area contributed by atoms with Crippen molar-refractivity contribution in [3.8, 4) is 17.0 Å². The van der Waals surface area contributed by atoms with Gasteiger partial charge in [-0.25, -0.2) is 9.59 Å². The van der Waals surface area contributed by atoms with Crippen LogP contribution in [0, 0.1) is 0 Å². The highest BCUT2D eigenvalue weighted by molar-refractivity contribution is 5.89. The van der Waals surface area contributed by atoms with Crippen LogP contribution in [0.2, 0.25) is 0 Å². The Balaban J connectivity index is 1.64. The number of hydrogen-bond acceptors (Lipinski definition) is 6. The van der Waals surface area contributed by atoms with E-state index in [2.05, 4.69) is 10.1 Å². The fourth-order valence-electron chi connectivity index (χ4n) is 3.09. The van der Waals surface area contributed by atoms with Crippen LogP contribution in [0.1, 0.15) is 16.1 Å². The predicted octanol–water partition coefficient (Wildman–Crippen LogP) is 3.65. The lowest BCUT2D eigenvalue weighted by molar-refractivity contribution is 0.0685. The molecular formula is C22H17N3O5. The molecule has 0 spiro atoms. The summed E-state index contributed by atoms with van der Waals surface area (Å²) in [6.07, 6.45) is 1.69. The van der Waals surface area contributed by atoms with E-state index in [1.54, 1.807) is 37.5 Å². The maximum Gasteiger partial charge on any atom is 0.354 e. The van der Waals surface area contributed by atoms with Gasteiger partial charge in [0.2, 0.25) is 0 Å². The van der Waals surface area contributed by atoms with Crippen LogP contribution >= 0.6 is 0 Å². The zero-order chi connectivity index (χ0) is 21.3. The maximum atomic E-state index is 11.3. The van der Waals surface area contributed by atoms with E-state index in [1.165, 1.54) is 23.9 Å². The Labute approximate surface area is 170 Å². The van der Waals surface area contributed by atoms with Crippen LogP contribution < -0.4 is 10.4 Å². The molecule has 0 radical (unpaired) electrons. The largest absolute Gasteiger partial charge is 0.496 e. The summed E-state index contributed by atoms with van der Waals surface area (Å²) in [5.74, 6) is -0.497. The van der Waals surface area contributed by atoms with Crippen LogP contribution in [0.25, 0.3) is 22.2 Å². The summed E-state index contributed by atoms with van der Waals surface area (Å²) in [5, 5.41) is 14.3. The lowest BCUT2D eigenvalue weighted by Gasteiger charge is -2.07. The predicted molar refractivity (Wildman–Crippen MR) is 112 cm³/mol. The second-order valence-electron chi connectivity index (χ2n) is 6.54. The maximum absolute atomic E-state index is 11.3. The van der Waals surface area contributed by atoms with Crippen molar-refractivity contribution < 1.29 is 19.1 Å². The van der Waals surface area contributed by atoms with E-state index in [0.29, 0.717) is 28.3 Å². The molecule has 4 aromatic rings. The quantitative estimate of drug-likeness (QED) is 0.403. The van der Waals surface area contributed by atoms with Gasteiger partial charge in [0.05, 0.1) is 18.5 Å². The van der Waals surface area contributed by atoms with E-state index in [0.717, 1.165) is 10.9 Å². The van der Waals surface area contributed by atoms with Gasteiger partial charge in [0.1, 0.15) is 17.0 Å². The summed E-state index contributed by atoms with van der Waals surface area (Å²) in [6.45, 7) is 0. The van der Waals surface area contributed by atoms with Gasteiger partial charge in [-0.2, -0.15) is 5.10 Å². The average molecular weight is 403 g/mol. The van der Waals surface area contributed by atoms with Gasteiger partial charge in [0.15, 0.2) is 0 Å². The van der Waals surface area contributed by atoms with Crippen molar-refractivity contribution in [2.45, 2.75) is 0 Å². The molecule has 0 amide bonds. The number of carbonyl (C=O) groups is 1. The van der Waals surface area contributed by atoms with Crippen molar-refractivity contribution in [2.75, 3.05) is 7.11 Å². The highest BCUT2D eigenvalue weighted by Gasteiger charge is 2.16. The lowest BCUT2D eigenvalue weighted by atomic mass is 10.1. The van der Waals surface area contributed by atoms with Gasteiger partial charge >= 0.3 is 11.6 Å². The van der Waals surface area contributed by atoms with E-state index >= 15 is 0 Å². The summed E-state index contributed by atoms with van der Waals surface area (Å²) < 4.78 is 11.9. The normalized spacial score (nSPS) is 11.3. The average Bonchev–Trinajstić information content (AvgIpc) is 3.13. The summed E-state index contributed by atoms with van der Waals surface area (Å²) in [5.41, 5.74) is 2.88. The molecule has 0 atom stereocenters. The third kappa shape index (κ3) is 3.70. The number of aryl methyl sites for hydroxylation is 1. The second kappa shape index (κ2) is 7.67. The molecule has 4 rings (SSSR count). The molecule has 0 aliphatic carbocycles. The van der Waals surface area contributed by atoms with E-state index in [4.69, 9.17) is 9.15 Å². The number of carboxylic acids is 1. The Morgan fingerprint density at radius 1 is 1.17 bits per heavy atom. The SMILES string of the molecule is COc1cc(C=Nc2ccc3oc(=O)ccc3c2)ccc1-c1cc(C(=O)O)n(C)n1. The van der Waals surface area contributed by atoms with E-state index < -0.39 is 11.6 Å². The zero-order valence-corrected chi connectivity index (χ0v) is 16.2. The molecule has 1 N–H and O–H groups in total. The van der Waals surface area contributed by atoms with Crippen LogP contribution in [0.3, 0.4) is 0 Å². The van der Waals surface area contributed by atoms with E-state index in [1.807, 2.05) is 18.2 Å². The molecule has 0 unspecified atom stereocenters. The number of nitrogens with zero attached hydrogens (tertiary/aromatic N) is 3. The Bertz CT molecular complexity index is 1350. The van der Waals surface area contributed by atoms with Crippen LogP contribution in [0.4, 0.5) is 5.69 Å². The molecule has 2 heterocycles. The molecule has 0 saturated heterocycles. The first-order chi connectivity index (χ1) is 14.4. The number of benzene rings is 2. The summed E-state index contributed by atoms with van der Waals surface area (Å²) in [7, 11) is 3.12. The van der Waals surface area contributed by atoms with Crippen LogP contribution in [0.5, 0.6) is 5.75 Å². The molecular weight excluding hydrogens is 386 g/mol. The van der Waals surface area contributed by atoms with Crippen LogP contribution in [-0.2, 0) is 7.05 Å². The van der Waals surface area contributed by atoms with Gasteiger partial charge in [-0.3, -0.25) is 9.67 Å². The van der Waals surface area contributed by atoms with Crippen molar-refractivity contribution >= 4 is 28.8 Å². The number of aromatic carboxylic acids is 1. The number of carboxylic acid groups (broad SMARTS) is 1. The molecule has 8 heteroatoms. The summed E-state index contributed by atoms with van der Waals surface area (Å²) in [4.78, 5) is 27.0. The Kier molecular flexibility index (Phi) is 4.89. The minimum Gasteiger partial charge on any atom is -0.496 e. The number of aromatic nitrogens is 2. The van der Waals surface area contributed by atoms with E-state index in [9.17, 15) is 14.7 Å². The highest BCUT2D eigenvalue weighted by atomic mass is 16.5. The van der Waals surface area contributed by atoms with Gasteiger partial charge in [0.25, 0.3) is 0 Å². The molecule has 2 aromatic carbocycles. The van der Waals surface area contributed by atoms with Gasteiger partial charge in [0, 0.05) is 30.3 Å². The standard InChI is InChI=1S/C22H17N3O5/c1-25-18(22(27)28)11-17(24-25)16-6-3-13(9-20(16)29-2)12-23-15-5-7-19-14(10-15)4-8-21(26)30-19/h3-12H,1-2H3,(H,27,28). The highest BCUT2D eigenvalue weighted by Crippen LogP contribution is 2.30.